The zero-order valence-electron chi connectivity index (χ0n) is 13.0. The van der Waals surface area contributed by atoms with Crippen molar-refractivity contribution < 1.29 is 13.9 Å². The molecule has 0 bridgehead atoms. The number of carbonyl (C=O) groups is 1. The summed E-state index contributed by atoms with van der Waals surface area (Å²) in [7, 11) is 1.52. The number of carbonyl (C=O) groups excluding carboxylic acids is 1. The number of nitrogen functional groups attached to an aromatic ring is 1. The van der Waals surface area contributed by atoms with Gasteiger partial charge >= 0.3 is 0 Å². The van der Waals surface area contributed by atoms with E-state index in [0.717, 1.165) is 0 Å². The molecule has 0 amide bonds. The van der Waals surface area contributed by atoms with Crippen molar-refractivity contribution in [3.05, 3.63) is 53.7 Å². The molecule has 24 heavy (non-hydrogen) atoms. The lowest BCUT2D eigenvalue weighted by molar-refractivity contribution is 0.0979. The lowest BCUT2D eigenvalue weighted by atomic mass is 10.1. The fourth-order valence-electron chi connectivity index (χ4n) is 2.47. The summed E-state index contributed by atoms with van der Waals surface area (Å²) in [5.74, 6) is -0.267. The Bertz CT molecular complexity index is 914. The summed E-state index contributed by atoms with van der Waals surface area (Å²) in [5, 5.41) is 0.570. The molecule has 1 aromatic carbocycles. The fourth-order valence-corrected chi connectivity index (χ4v) is 2.47. The number of Topliss-reactive ketones (excluding diaryl/α,β-unsaturated/α-hetero) is 1. The van der Waals surface area contributed by atoms with E-state index in [-0.39, 0.29) is 23.8 Å². The lowest BCUT2D eigenvalue weighted by Gasteiger charge is -2.09. The van der Waals surface area contributed by atoms with Crippen molar-refractivity contribution in [3.8, 4) is 5.75 Å². The first-order valence-corrected chi connectivity index (χ1v) is 7.33. The van der Waals surface area contributed by atoms with Crippen LogP contribution >= 0.6 is 0 Å². The van der Waals surface area contributed by atoms with Gasteiger partial charge in [-0.25, -0.2) is 15.0 Å². The topological polar surface area (TPSA) is 91.0 Å². The van der Waals surface area contributed by atoms with E-state index in [2.05, 4.69) is 15.0 Å². The van der Waals surface area contributed by atoms with Crippen LogP contribution in [0.15, 0.2) is 36.4 Å². The zero-order valence-corrected chi connectivity index (χ0v) is 13.0. The molecule has 0 aliphatic carbocycles. The number of fused-ring (bicyclic) bond motifs is 1. The first-order chi connectivity index (χ1) is 11.6. The number of hydrogen-bond acceptors (Lipinski definition) is 6. The van der Waals surface area contributed by atoms with Crippen LogP contribution < -0.4 is 10.5 Å². The number of anilines is 1. The number of aromatic nitrogens is 3. The molecule has 122 valence electrons. The maximum Gasteiger partial charge on any atom is 0.221 e. The highest BCUT2D eigenvalue weighted by molar-refractivity contribution is 6.07. The molecule has 0 aliphatic heterocycles. The molecule has 0 saturated carbocycles. The Morgan fingerprint density at radius 3 is 2.71 bits per heavy atom. The smallest absolute Gasteiger partial charge is 0.221 e. The monoisotopic (exact) mass is 326 g/mol. The summed E-state index contributed by atoms with van der Waals surface area (Å²) in [5.41, 5.74) is 6.94. The maximum atomic E-state index is 13.1. The standard InChI is InChI=1S/C17H15FN4O2/c1-24-13-6-3-5-11-15(21-17(19)22-16(11)13)12(23)9-8-10-4-2-7-14(18)20-10/h2-7H,8-9H2,1H3,(H2,19,21,22). The van der Waals surface area contributed by atoms with Gasteiger partial charge in [-0.15, -0.1) is 0 Å². The van der Waals surface area contributed by atoms with E-state index in [4.69, 9.17) is 10.5 Å². The minimum absolute atomic E-state index is 0.000712. The molecule has 2 N–H and O–H groups in total. The van der Waals surface area contributed by atoms with Gasteiger partial charge < -0.3 is 10.5 Å². The number of aryl methyl sites for hydroxylation is 1. The van der Waals surface area contributed by atoms with Gasteiger partial charge in [-0.3, -0.25) is 4.79 Å². The minimum atomic E-state index is -0.568. The predicted octanol–water partition coefficient (Wildman–Crippen LogP) is 2.57. The van der Waals surface area contributed by atoms with E-state index in [1.54, 1.807) is 30.3 Å². The van der Waals surface area contributed by atoms with Crippen LogP contribution in [0.25, 0.3) is 10.9 Å². The van der Waals surface area contributed by atoms with Crippen LogP contribution in [0.2, 0.25) is 0 Å². The van der Waals surface area contributed by atoms with E-state index < -0.39 is 5.95 Å². The summed E-state index contributed by atoms with van der Waals surface area (Å²) < 4.78 is 18.4. The van der Waals surface area contributed by atoms with E-state index in [0.29, 0.717) is 28.8 Å². The summed E-state index contributed by atoms with van der Waals surface area (Å²) in [6.45, 7) is 0. The molecule has 2 aromatic heterocycles. The number of ether oxygens (including phenoxy) is 1. The Morgan fingerprint density at radius 2 is 1.96 bits per heavy atom. The van der Waals surface area contributed by atoms with Crippen LogP contribution in [-0.2, 0) is 6.42 Å². The third-order valence-corrected chi connectivity index (χ3v) is 3.57. The largest absolute Gasteiger partial charge is 0.494 e. The van der Waals surface area contributed by atoms with Gasteiger partial charge in [0.2, 0.25) is 11.9 Å². The Labute approximate surface area is 137 Å². The molecule has 0 spiro atoms. The molecule has 0 unspecified atom stereocenters. The third-order valence-electron chi connectivity index (χ3n) is 3.57. The fraction of sp³-hybridized carbons (Fsp3) is 0.176. The molecule has 6 nitrogen and oxygen atoms in total. The number of ketones is 1. The van der Waals surface area contributed by atoms with E-state index in [1.165, 1.54) is 13.2 Å². The zero-order chi connectivity index (χ0) is 17.1. The Balaban J connectivity index is 1.92. The van der Waals surface area contributed by atoms with Gasteiger partial charge in [0, 0.05) is 17.5 Å². The van der Waals surface area contributed by atoms with Crippen molar-refractivity contribution in [2.45, 2.75) is 12.8 Å². The average molecular weight is 326 g/mol. The number of benzene rings is 1. The van der Waals surface area contributed by atoms with Crippen molar-refractivity contribution in [3.63, 3.8) is 0 Å². The Kier molecular flexibility index (Phi) is 4.33. The Morgan fingerprint density at radius 1 is 1.17 bits per heavy atom. The second-order valence-corrected chi connectivity index (χ2v) is 5.16. The first-order valence-electron chi connectivity index (χ1n) is 7.33. The van der Waals surface area contributed by atoms with Gasteiger partial charge in [0.15, 0.2) is 5.78 Å². The molecular weight excluding hydrogens is 311 g/mol. The number of methoxy groups -OCH3 is 1. The summed E-state index contributed by atoms with van der Waals surface area (Å²) in [4.78, 5) is 24.5. The number of rotatable bonds is 5. The summed E-state index contributed by atoms with van der Waals surface area (Å²) in [6.07, 6.45) is 0.450. The van der Waals surface area contributed by atoms with Crippen molar-refractivity contribution in [1.82, 2.24) is 15.0 Å². The number of pyridine rings is 1. The molecule has 0 atom stereocenters. The molecule has 0 aliphatic rings. The third kappa shape index (κ3) is 3.15. The summed E-state index contributed by atoms with van der Waals surface area (Å²) in [6, 6.07) is 9.73. The van der Waals surface area contributed by atoms with Gasteiger partial charge in [0.25, 0.3) is 0 Å². The molecule has 3 aromatic rings. The van der Waals surface area contributed by atoms with Crippen molar-refractivity contribution in [1.29, 1.82) is 0 Å². The van der Waals surface area contributed by atoms with E-state index in [9.17, 15) is 9.18 Å². The molecule has 7 heteroatoms. The van der Waals surface area contributed by atoms with Gasteiger partial charge in [0.05, 0.1) is 7.11 Å². The number of halogens is 1. The highest BCUT2D eigenvalue weighted by atomic mass is 19.1. The second-order valence-electron chi connectivity index (χ2n) is 5.16. The van der Waals surface area contributed by atoms with Crippen molar-refractivity contribution in [2.75, 3.05) is 12.8 Å². The number of hydrogen-bond donors (Lipinski definition) is 1. The maximum absolute atomic E-state index is 13.1. The van der Waals surface area contributed by atoms with Gasteiger partial charge in [-0.05, 0) is 24.6 Å². The minimum Gasteiger partial charge on any atom is -0.494 e. The van der Waals surface area contributed by atoms with Crippen LogP contribution in [0, 0.1) is 5.95 Å². The molecule has 0 fully saturated rings. The quantitative estimate of drug-likeness (QED) is 0.572. The van der Waals surface area contributed by atoms with Gasteiger partial charge in [-0.2, -0.15) is 4.39 Å². The Hall–Kier alpha value is -3.09. The normalized spacial score (nSPS) is 10.8. The molecule has 0 radical (unpaired) electrons. The van der Waals surface area contributed by atoms with Crippen LogP contribution in [-0.4, -0.2) is 27.8 Å². The van der Waals surface area contributed by atoms with E-state index in [1.807, 2.05) is 0 Å². The number of nitrogens with two attached hydrogens (primary N) is 1. The van der Waals surface area contributed by atoms with Crippen LogP contribution in [0.1, 0.15) is 22.6 Å². The first kappa shape index (κ1) is 15.8. The summed E-state index contributed by atoms with van der Waals surface area (Å²) >= 11 is 0. The van der Waals surface area contributed by atoms with Crippen LogP contribution in [0.5, 0.6) is 5.75 Å². The van der Waals surface area contributed by atoms with Gasteiger partial charge in [0.1, 0.15) is 17.0 Å². The second kappa shape index (κ2) is 6.57. The predicted molar refractivity (Wildman–Crippen MR) is 87.3 cm³/mol. The molecule has 3 rings (SSSR count). The van der Waals surface area contributed by atoms with Crippen molar-refractivity contribution >= 4 is 22.6 Å². The highest BCUT2D eigenvalue weighted by Crippen LogP contribution is 2.26. The highest BCUT2D eigenvalue weighted by Gasteiger charge is 2.16. The van der Waals surface area contributed by atoms with Crippen LogP contribution in [0.4, 0.5) is 10.3 Å². The van der Waals surface area contributed by atoms with Crippen LogP contribution in [0.3, 0.4) is 0 Å². The SMILES string of the molecule is COc1cccc2c(C(=O)CCc3cccc(F)n3)nc(N)nc12. The number of nitrogens with zero attached hydrogens (tertiary/aromatic N) is 3. The molecule has 0 saturated heterocycles. The number of para-hydroxylation sites is 1. The van der Waals surface area contributed by atoms with Gasteiger partial charge in [-0.1, -0.05) is 18.2 Å². The van der Waals surface area contributed by atoms with E-state index >= 15 is 0 Å². The average Bonchev–Trinajstić information content (AvgIpc) is 2.58. The van der Waals surface area contributed by atoms with Crippen molar-refractivity contribution in [2.24, 2.45) is 0 Å². The molecule has 2 heterocycles. The molecular formula is C17H15FN4O2. The lowest BCUT2D eigenvalue weighted by Crippen LogP contribution is -2.09.